The molecule has 0 radical (unpaired) electrons. The number of anilines is 1. The van der Waals surface area contributed by atoms with Crippen LogP contribution in [0.2, 0.25) is 0 Å². The summed E-state index contributed by atoms with van der Waals surface area (Å²) in [4.78, 5) is 31.6. The Hall–Kier alpha value is -3.39. The molecule has 2 atom stereocenters. The molecule has 0 unspecified atom stereocenters. The van der Waals surface area contributed by atoms with Crippen molar-refractivity contribution in [3.63, 3.8) is 0 Å². The summed E-state index contributed by atoms with van der Waals surface area (Å²) < 4.78 is 10.7. The molecule has 1 aliphatic carbocycles. The molecule has 0 bridgehead atoms. The highest BCUT2D eigenvalue weighted by Gasteiger charge is 2.31. The van der Waals surface area contributed by atoms with Crippen LogP contribution < -0.4 is 20.1 Å². The SMILES string of the molecule is C[C@@H](CCc1ccccc1)NC(=O)[C@H]1CCCc2sc(NC(=O)c3ccc4c(c3)OCO4)nc21. The van der Waals surface area contributed by atoms with Crippen LogP contribution in [-0.4, -0.2) is 29.6 Å². The summed E-state index contributed by atoms with van der Waals surface area (Å²) in [5, 5.41) is 6.58. The minimum Gasteiger partial charge on any atom is -0.454 e. The number of carbonyl (C=O) groups is 2. The quantitative estimate of drug-likeness (QED) is 0.516. The van der Waals surface area contributed by atoms with Gasteiger partial charge in [0, 0.05) is 16.5 Å². The molecule has 1 aliphatic heterocycles. The topological polar surface area (TPSA) is 89.6 Å². The highest BCUT2D eigenvalue weighted by molar-refractivity contribution is 7.16. The third kappa shape index (κ3) is 4.92. The number of hydrogen-bond donors (Lipinski definition) is 2. The summed E-state index contributed by atoms with van der Waals surface area (Å²) in [7, 11) is 0. The van der Waals surface area contributed by atoms with Gasteiger partial charge in [-0.25, -0.2) is 4.98 Å². The summed E-state index contributed by atoms with van der Waals surface area (Å²) in [6, 6.07) is 15.5. The van der Waals surface area contributed by atoms with E-state index in [-0.39, 0.29) is 30.6 Å². The lowest BCUT2D eigenvalue weighted by atomic mass is 9.90. The maximum absolute atomic E-state index is 13.1. The zero-order valence-electron chi connectivity index (χ0n) is 19.0. The van der Waals surface area contributed by atoms with Crippen LogP contribution in [0.25, 0.3) is 0 Å². The summed E-state index contributed by atoms with van der Waals surface area (Å²) in [6.45, 7) is 2.20. The van der Waals surface area contributed by atoms with Crippen molar-refractivity contribution in [3.8, 4) is 11.5 Å². The summed E-state index contributed by atoms with van der Waals surface area (Å²) in [5.74, 6) is 0.660. The Morgan fingerprint density at radius 3 is 2.82 bits per heavy atom. The largest absolute Gasteiger partial charge is 0.454 e. The first-order valence-corrected chi connectivity index (χ1v) is 12.4. The Bertz CT molecular complexity index is 1190. The molecule has 2 aromatic carbocycles. The van der Waals surface area contributed by atoms with Gasteiger partial charge in [-0.05, 0) is 62.8 Å². The van der Waals surface area contributed by atoms with Crippen LogP contribution >= 0.6 is 11.3 Å². The van der Waals surface area contributed by atoms with Gasteiger partial charge in [0.15, 0.2) is 16.6 Å². The minimum atomic E-state index is -0.282. The number of benzene rings is 2. The van der Waals surface area contributed by atoms with E-state index < -0.39 is 0 Å². The lowest BCUT2D eigenvalue weighted by Crippen LogP contribution is -2.37. The number of nitrogens with zero attached hydrogens (tertiary/aromatic N) is 1. The van der Waals surface area contributed by atoms with E-state index in [0.29, 0.717) is 22.2 Å². The van der Waals surface area contributed by atoms with Gasteiger partial charge in [0.25, 0.3) is 5.91 Å². The van der Waals surface area contributed by atoms with E-state index in [4.69, 9.17) is 9.47 Å². The molecule has 2 aliphatic rings. The summed E-state index contributed by atoms with van der Waals surface area (Å²) in [6.07, 6.45) is 4.37. The molecule has 176 valence electrons. The maximum atomic E-state index is 13.1. The number of nitrogens with one attached hydrogen (secondary N) is 2. The standard InChI is InChI=1S/C26H27N3O4S/c1-16(10-11-17-6-3-2-4-7-17)27-25(31)19-8-5-9-22-23(19)28-26(34-22)29-24(30)18-12-13-20-21(14-18)33-15-32-20/h2-4,6-7,12-14,16,19H,5,8-11,15H2,1H3,(H,27,31)(H,28,29,30)/t16-,19-/m0/s1. The van der Waals surface area contributed by atoms with Gasteiger partial charge in [-0.15, -0.1) is 11.3 Å². The molecule has 34 heavy (non-hydrogen) atoms. The van der Waals surface area contributed by atoms with Gasteiger partial charge in [0.1, 0.15) is 0 Å². The average molecular weight is 478 g/mol. The number of carbonyl (C=O) groups excluding carboxylic acids is 2. The zero-order valence-corrected chi connectivity index (χ0v) is 19.8. The van der Waals surface area contributed by atoms with Gasteiger partial charge in [-0.3, -0.25) is 14.9 Å². The Balaban J connectivity index is 1.22. The van der Waals surface area contributed by atoms with E-state index in [1.54, 1.807) is 18.2 Å². The van der Waals surface area contributed by atoms with Crippen LogP contribution in [0.1, 0.15) is 58.6 Å². The number of fused-ring (bicyclic) bond motifs is 2. The van der Waals surface area contributed by atoms with Crippen molar-refractivity contribution in [2.75, 3.05) is 12.1 Å². The Morgan fingerprint density at radius 1 is 1.15 bits per heavy atom. The summed E-state index contributed by atoms with van der Waals surface area (Å²) >= 11 is 1.45. The predicted molar refractivity (Wildman–Crippen MR) is 131 cm³/mol. The van der Waals surface area contributed by atoms with Crippen LogP contribution in [0, 0.1) is 0 Å². The molecule has 0 saturated heterocycles. The highest BCUT2D eigenvalue weighted by Crippen LogP contribution is 2.37. The normalized spacial score (nSPS) is 17.0. The van der Waals surface area contributed by atoms with Crippen molar-refractivity contribution >= 4 is 28.3 Å². The Kier molecular flexibility index (Phi) is 6.49. The lowest BCUT2D eigenvalue weighted by molar-refractivity contribution is -0.123. The number of aromatic nitrogens is 1. The lowest BCUT2D eigenvalue weighted by Gasteiger charge is -2.23. The first kappa shape index (κ1) is 22.4. The van der Waals surface area contributed by atoms with Gasteiger partial charge in [-0.2, -0.15) is 0 Å². The van der Waals surface area contributed by atoms with E-state index in [9.17, 15) is 9.59 Å². The molecule has 8 heteroatoms. The molecule has 0 fully saturated rings. The first-order chi connectivity index (χ1) is 16.6. The van der Waals surface area contributed by atoms with Crippen LogP contribution in [0.15, 0.2) is 48.5 Å². The molecule has 2 heterocycles. The fourth-order valence-corrected chi connectivity index (χ4v) is 5.44. The van der Waals surface area contributed by atoms with Crippen molar-refractivity contribution in [3.05, 3.63) is 70.2 Å². The molecule has 0 spiro atoms. The number of aryl methyl sites for hydroxylation is 2. The van der Waals surface area contributed by atoms with Gasteiger partial charge >= 0.3 is 0 Å². The molecular formula is C26H27N3O4S. The van der Waals surface area contributed by atoms with Crippen molar-refractivity contribution in [1.29, 1.82) is 0 Å². The molecule has 2 N–H and O–H groups in total. The minimum absolute atomic E-state index is 0.0143. The van der Waals surface area contributed by atoms with E-state index in [1.807, 2.05) is 25.1 Å². The van der Waals surface area contributed by atoms with Crippen molar-refractivity contribution in [2.24, 2.45) is 0 Å². The fraction of sp³-hybridized carbons (Fsp3) is 0.346. The average Bonchev–Trinajstić information content (AvgIpc) is 3.49. The van der Waals surface area contributed by atoms with Crippen LogP contribution in [0.3, 0.4) is 0 Å². The van der Waals surface area contributed by atoms with Crippen LogP contribution in [0.5, 0.6) is 11.5 Å². The smallest absolute Gasteiger partial charge is 0.257 e. The molecular weight excluding hydrogens is 450 g/mol. The van der Waals surface area contributed by atoms with E-state index >= 15 is 0 Å². The maximum Gasteiger partial charge on any atom is 0.257 e. The fourth-order valence-electron chi connectivity index (χ4n) is 4.38. The first-order valence-electron chi connectivity index (χ1n) is 11.6. The van der Waals surface area contributed by atoms with Gasteiger partial charge < -0.3 is 14.8 Å². The predicted octanol–water partition coefficient (Wildman–Crippen LogP) is 4.68. The van der Waals surface area contributed by atoms with E-state index in [0.717, 1.165) is 42.7 Å². The van der Waals surface area contributed by atoms with Crippen LogP contribution in [0.4, 0.5) is 5.13 Å². The molecule has 7 nitrogen and oxygen atoms in total. The van der Waals surface area contributed by atoms with Crippen molar-refractivity contribution in [1.82, 2.24) is 10.3 Å². The van der Waals surface area contributed by atoms with Crippen molar-refractivity contribution in [2.45, 2.75) is 51.0 Å². The number of thiazole rings is 1. The number of rotatable bonds is 7. The number of amides is 2. The number of hydrogen-bond acceptors (Lipinski definition) is 6. The second-order valence-electron chi connectivity index (χ2n) is 8.73. The zero-order chi connectivity index (χ0) is 23.5. The monoisotopic (exact) mass is 477 g/mol. The third-order valence-electron chi connectivity index (χ3n) is 6.22. The Labute approximate surface area is 202 Å². The van der Waals surface area contributed by atoms with Crippen molar-refractivity contribution < 1.29 is 19.1 Å². The molecule has 5 rings (SSSR count). The van der Waals surface area contributed by atoms with Gasteiger partial charge in [0.05, 0.1) is 11.6 Å². The molecule has 0 saturated carbocycles. The number of ether oxygens (including phenoxy) is 2. The second-order valence-corrected chi connectivity index (χ2v) is 9.81. The second kappa shape index (κ2) is 9.85. The highest BCUT2D eigenvalue weighted by atomic mass is 32.1. The Morgan fingerprint density at radius 2 is 1.97 bits per heavy atom. The third-order valence-corrected chi connectivity index (χ3v) is 7.27. The molecule has 3 aromatic rings. The van der Waals surface area contributed by atoms with E-state index in [2.05, 4.69) is 27.8 Å². The summed E-state index contributed by atoms with van der Waals surface area (Å²) in [5.41, 5.74) is 2.54. The molecule has 2 amide bonds. The van der Waals surface area contributed by atoms with Gasteiger partial charge in [0.2, 0.25) is 12.7 Å². The van der Waals surface area contributed by atoms with E-state index in [1.165, 1.54) is 16.9 Å². The van der Waals surface area contributed by atoms with Crippen LogP contribution in [-0.2, 0) is 17.6 Å². The van der Waals surface area contributed by atoms with Gasteiger partial charge in [-0.1, -0.05) is 30.3 Å². The molecule has 1 aromatic heterocycles.